The number of carbonyl (C=O) groups excluding carboxylic acids is 1. The van der Waals surface area contributed by atoms with Crippen molar-refractivity contribution >= 4 is 16.6 Å². The summed E-state index contributed by atoms with van der Waals surface area (Å²) in [5, 5.41) is 0.576. The third kappa shape index (κ3) is 3.19. The van der Waals surface area contributed by atoms with E-state index in [0.717, 1.165) is 31.2 Å². The number of carbonyl (C=O) groups is 1. The monoisotopic (exact) mass is 318 g/mol. The Morgan fingerprint density at radius 3 is 2.14 bits per heavy atom. The van der Waals surface area contributed by atoms with Crippen LogP contribution in [0.25, 0.3) is 0 Å². The molecule has 120 valence electrons. The lowest BCUT2D eigenvalue weighted by Crippen LogP contribution is -2.32. The Morgan fingerprint density at radius 1 is 1.09 bits per heavy atom. The largest absolute Gasteiger partial charge is 0.299 e. The molecule has 2 saturated heterocycles. The zero-order chi connectivity index (χ0) is 15.9. The van der Waals surface area contributed by atoms with Crippen molar-refractivity contribution in [2.75, 3.05) is 0 Å². The molecule has 2 bridgehead atoms. The molecule has 0 aromatic heterocycles. The molecule has 1 aromatic carbocycles. The minimum atomic E-state index is -0.668. The van der Waals surface area contributed by atoms with Crippen LogP contribution in [0, 0.1) is 5.92 Å². The Labute approximate surface area is 136 Å². The van der Waals surface area contributed by atoms with Gasteiger partial charge in [-0.05, 0) is 42.2 Å². The number of hydrogen-bond donors (Lipinski definition) is 0. The van der Waals surface area contributed by atoms with Gasteiger partial charge in [-0.1, -0.05) is 45.0 Å². The van der Waals surface area contributed by atoms with E-state index in [-0.39, 0.29) is 21.8 Å². The van der Waals surface area contributed by atoms with Crippen molar-refractivity contribution in [2.45, 2.75) is 68.8 Å². The van der Waals surface area contributed by atoms with Crippen LogP contribution < -0.4 is 0 Å². The zero-order valence-electron chi connectivity index (χ0n) is 13.8. The highest BCUT2D eigenvalue weighted by molar-refractivity contribution is 7.86. The van der Waals surface area contributed by atoms with Gasteiger partial charge in [0, 0.05) is 33.6 Å². The van der Waals surface area contributed by atoms with Crippen LogP contribution in [-0.4, -0.2) is 20.5 Å². The van der Waals surface area contributed by atoms with Gasteiger partial charge in [-0.15, -0.1) is 0 Å². The summed E-state index contributed by atoms with van der Waals surface area (Å²) in [7, 11) is -0.668. The van der Waals surface area contributed by atoms with E-state index in [1.807, 2.05) is 0 Å². The smallest absolute Gasteiger partial charge is 0.140 e. The molecule has 0 spiro atoms. The number of ketones is 1. The number of hydrogen-bond acceptors (Lipinski definition) is 2. The fourth-order valence-electron chi connectivity index (χ4n) is 3.76. The van der Waals surface area contributed by atoms with Crippen molar-refractivity contribution in [2.24, 2.45) is 5.92 Å². The Balaban J connectivity index is 1.64. The van der Waals surface area contributed by atoms with E-state index in [0.29, 0.717) is 12.2 Å². The minimum Gasteiger partial charge on any atom is -0.299 e. The Hall–Kier alpha value is -0.960. The maximum atomic E-state index is 12.6. The third-order valence-corrected chi connectivity index (χ3v) is 7.39. The molecule has 2 aliphatic heterocycles. The molecule has 2 unspecified atom stereocenters. The maximum absolute atomic E-state index is 12.6. The van der Waals surface area contributed by atoms with E-state index in [2.05, 4.69) is 45.0 Å². The third-order valence-electron chi connectivity index (χ3n) is 5.22. The summed E-state index contributed by atoms with van der Waals surface area (Å²) < 4.78 is 12.0. The highest BCUT2D eigenvalue weighted by atomic mass is 32.2. The van der Waals surface area contributed by atoms with Crippen LogP contribution in [0.2, 0.25) is 0 Å². The van der Waals surface area contributed by atoms with Gasteiger partial charge >= 0.3 is 0 Å². The van der Waals surface area contributed by atoms with Gasteiger partial charge in [0.2, 0.25) is 0 Å². The van der Waals surface area contributed by atoms with Crippen molar-refractivity contribution in [3.8, 4) is 0 Å². The highest BCUT2D eigenvalue weighted by Crippen LogP contribution is 2.39. The van der Waals surface area contributed by atoms with Gasteiger partial charge in [-0.2, -0.15) is 0 Å². The summed E-state index contributed by atoms with van der Waals surface area (Å²) in [6.45, 7) is 6.60. The highest BCUT2D eigenvalue weighted by Gasteiger charge is 2.42. The molecule has 2 fully saturated rings. The SMILES string of the molecule is CC(C)(C)c1ccc(CC(=O)C2CC3CCC(C2)S3=O)cc1. The molecule has 22 heavy (non-hydrogen) atoms. The van der Waals surface area contributed by atoms with Crippen LogP contribution in [0.3, 0.4) is 0 Å². The van der Waals surface area contributed by atoms with Crippen molar-refractivity contribution in [3.63, 3.8) is 0 Å². The van der Waals surface area contributed by atoms with Crippen LogP contribution in [0.4, 0.5) is 0 Å². The Morgan fingerprint density at radius 2 is 1.64 bits per heavy atom. The summed E-state index contributed by atoms with van der Waals surface area (Å²) in [5.41, 5.74) is 2.56. The van der Waals surface area contributed by atoms with Crippen molar-refractivity contribution in [3.05, 3.63) is 35.4 Å². The van der Waals surface area contributed by atoms with Crippen LogP contribution in [0.1, 0.15) is 57.6 Å². The van der Waals surface area contributed by atoms with Gasteiger partial charge in [-0.25, -0.2) is 0 Å². The van der Waals surface area contributed by atoms with E-state index in [4.69, 9.17) is 0 Å². The van der Waals surface area contributed by atoms with E-state index in [9.17, 15) is 9.00 Å². The molecule has 2 atom stereocenters. The number of fused-ring (bicyclic) bond motifs is 2. The van der Waals surface area contributed by atoms with Crippen LogP contribution >= 0.6 is 0 Å². The average molecular weight is 318 g/mol. The molecule has 0 radical (unpaired) electrons. The lowest BCUT2D eigenvalue weighted by Gasteiger charge is -2.26. The molecule has 0 saturated carbocycles. The molecule has 3 rings (SSSR count). The number of Topliss-reactive ketones (excluding diaryl/α,β-unsaturated/α-hetero) is 1. The number of rotatable bonds is 3. The van der Waals surface area contributed by atoms with Gasteiger partial charge in [0.05, 0.1) is 0 Å². The molecular formula is C19H26O2S. The first kappa shape index (κ1) is 15.9. The van der Waals surface area contributed by atoms with Gasteiger partial charge in [0.15, 0.2) is 0 Å². The second kappa shape index (κ2) is 5.92. The van der Waals surface area contributed by atoms with Gasteiger partial charge < -0.3 is 0 Å². The summed E-state index contributed by atoms with van der Waals surface area (Å²) >= 11 is 0. The Bertz CT molecular complexity index is 566. The van der Waals surface area contributed by atoms with E-state index in [1.54, 1.807) is 0 Å². The first-order chi connectivity index (χ1) is 10.3. The van der Waals surface area contributed by atoms with Gasteiger partial charge in [-0.3, -0.25) is 9.00 Å². The molecule has 1 aromatic rings. The normalized spacial score (nSPS) is 31.2. The second-order valence-electron chi connectivity index (χ2n) is 7.91. The van der Waals surface area contributed by atoms with Crippen LogP contribution in [-0.2, 0) is 27.4 Å². The predicted molar refractivity (Wildman–Crippen MR) is 91.5 cm³/mol. The average Bonchev–Trinajstić information content (AvgIpc) is 2.69. The molecule has 0 amide bonds. The van der Waals surface area contributed by atoms with E-state index >= 15 is 0 Å². The summed E-state index contributed by atoms with van der Waals surface area (Å²) in [4.78, 5) is 12.6. The van der Waals surface area contributed by atoms with Crippen molar-refractivity contribution < 1.29 is 9.00 Å². The standard InChI is InChI=1S/C19H26O2S/c1-19(2,3)15-6-4-13(5-7-15)10-18(20)14-11-16-8-9-17(12-14)22(16)21/h4-7,14,16-17H,8-12H2,1-3H3. The Kier molecular flexibility index (Phi) is 4.28. The van der Waals surface area contributed by atoms with Crippen LogP contribution in [0.15, 0.2) is 24.3 Å². The number of benzene rings is 1. The van der Waals surface area contributed by atoms with Crippen LogP contribution in [0.5, 0.6) is 0 Å². The maximum Gasteiger partial charge on any atom is 0.140 e. The molecular weight excluding hydrogens is 292 g/mol. The molecule has 2 nitrogen and oxygen atoms in total. The fourth-order valence-corrected chi connectivity index (χ4v) is 5.89. The predicted octanol–water partition coefficient (Wildman–Crippen LogP) is 3.79. The lowest BCUT2D eigenvalue weighted by atomic mass is 9.85. The molecule has 0 aliphatic carbocycles. The summed E-state index contributed by atoms with van der Waals surface area (Å²) in [6, 6.07) is 8.46. The molecule has 0 N–H and O–H groups in total. The quantitative estimate of drug-likeness (QED) is 0.850. The van der Waals surface area contributed by atoms with Gasteiger partial charge in [0.25, 0.3) is 0 Å². The molecule has 2 aliphatic rings. The topological polar surface area (TPSA) is 34.1 Å². The first-order valence-corrected chi connectivity index (χ1v) is 9.63. The summed E-state index contributed by atoms with van der Waals surface area (Å²) in [5.74, 6) is 0.481. The molecule has 3 heteroatoms. The minimum absolute atomic E-state index is 0.137. The van der Waals surface area contributed by atoms with E-state index in [1.165, 1.54) is 5.56 Å². The van der Waals surface area contributed by atoms with Crippen molar-refractivity contribution in [1.29, 1.82) is 0 Å². The first-order valence-electron chi connectivity index (χ1n) is 8.36. The second-order valence-corrected chi connectivity index (χ2v) is 9.90. The lowest BCUT2D eigenvalue weighted by molar-refractivity contribution is -0.122. The molecule has 2 heterocycles. The van der Waals surface area contributed by atoms with E-state index < -0.39 is 10.8 Å². The van der Waals surface area contributed by atoms with Gasteiger partial charge in [0.1, 0.15) is 5.78 Å². The summed E-state index contributed by atoms with van der Waals surface area (Å²) in [6.07, 6.45) is 4.34. The zero-order valence-corrected chi connectivity index (χ0v) is 14.6. The fraction of sp³-hybridized carbons (Fsp3) is 0.632. The van der Waals surface area contributed by atoms with Crippen molar-refractivity contribution in [1.82, 2.24) is 0 Å².